The summed E-state index contributed by atoms with van der Waals surface area (Å²) in [4.78, 5) is 36.9. The van der Waals surface area contributed by atoms with Gasteiger partial charge in [0.25, 0.3) is 5.91 Å². The van der Waals surface area contributed by atoms with Crippen LogP contribution in [-0.2, 0) is 16.1 Å². The van der Waals surface area contributed by atoms with Crippen molar-refractivity contribution in [1.29, 1.82) is 0 Å². The lowest BCUT2D eigenvalue weighted by Gasteiger charge is -2.27. The van der Waals surface area contributed by atoms with Gasteiger partial charge in [0.15, 0.2) is 6.61 Å². The summed E-state index contributed by atoms with van der Waals surface area (Å²) < 4.78 is 5.03. The van der Waals surface area contributed by atoms with Gasteiger partial charge >= 0.3 is 6.09 Å². The Balaban J connectivity index is 1.57. The fourth-order valence-corrected chi connectivity index (χ4v) is 3.29. The Labute approximate surface area is 189 Å². The van der Waals surface area contributed by atoms with Gasteiger partial charge in [-0.1, -0.05) is 18.2 Å². The van der Waals surface area contributed by atoms with Crippen molar-refractivity contribution < 1.29 is 14.3 Å². The summed E-state index contributed by atoms with van der Waals surface area (Å²) in [5.74, 6) is 0.468. The number of carbonyl (C=O) groups excluding carboxylic acids is 2. The van der Waals surface area contributed by atoms with Crippen LogP contribution in [0.5, 0.6) is 0 Å². The van der Waals surface area contributed by atoms with Crippen LogP contribution >= 0.6 is 0 Å². The Hall–Kier alpha value is -3.20. The number of carbonyl (C=O) groups is 2. The van der Waals surface area contributed by atoms with Gasteiger partial charge in [0.2, 0.25) is 5.95 Å². The molecule has 2 aromatic rings. The fourth-order valence-electron chi connectivity index (χ4n) is 3.29. The van der Waals surface area contributed by atoms with Crippen LogP contribution in [0.3, 0.4) is 0 Å². The van der Waals surface area contributed by atoms with Gasteiger partial charge in [0, 0.05) is 63.3 Å². The smallest absolute Gasteiger partial charge is 0.408 e. The highest BCUT2D eigenvalue weighted by molar-refractivity contribution is 5.80. The first kappa shape index (κ1) is 23.5. The summed E-state index contributed by atoms with van der Waals surface area (Å²) in [6, 6.07) is 7.91. The second kappa shape index (κ2) is 10.4. The van der Waals surface area contributed by atoms with Crippen LogP contribution in [0.15, 0.2) is 36.7 Å². The van der Waals surface area contributed by atoms with E-state index in [1.165, 1.54) is 4.90 Å². The highest BCUT2D eigenvalue weighted by atomic mass is 16.6. The van der Waals surface area contributed by atoms with E-state index in [0.717, 1.165) is 48.8 Å². The number of rotatable bonds is 6. The van der Waals surface area contributed by atoms with Gasteiger partial charge in [-0.2, -0.15) is 0 Å². The van der Waals surface area contributed by atoms with Crippen LogP contribution in [0.1, 0.15) is 26.3 Å². The number of ether oxygens (including phenoxy) is 1. The van der Waals surface area contributed by atoms with E-state index in [1.807, 2.05) is 57.4 Å². The first-order valence-electron chi connectivity index (χ1n) is 10.8. The van der Waals surface area contributed by atoms with Crippen LogP contribution in [0.4, 0.5) is 10.7 Å². The molecule has 1 aromatic carbocycles. The van der Waals surface area contributed by atoms with Crippen molar-refractivity contribution in [3.63, 3.8) is 0 Å². The topological polar surface area (TPSA) is 99.7 Å². The number of hydrogen-bond acceptors (Lipinski definition) is 7. The van der Waals surface area contributed by atoms with Gasteiger partial charge in [-0.15, -0.1) is 0 Å². The molecule has 1 aliphatic rings. The maximum atomic E-state index is 12.4. The van der Waals surface area contributed by atoms with Crippen LogP contribution in [0, 0.1) is 0 Å². The van der Waals surface area contributed by atoms with Crippen molar-refractivity contribution in [2.75, 3.05) is 44.7 Å². The standard InChI is InChI=1S/C23H32N6O3/c1-23(2,3)27-22(31)32-16-20(30)28(4)15-17-6-5-7-18(12-17)19-13-25-21(26-14-19)29-10-8-24-9-11-29/h5-7,12-14,24H,8-11,15-16H2,1-4H3,(H,27,31). The minimum absolute atomic E-state index is 0.275. The summed E-state index contributed by atoms with van der Waals surface area (Å²) in [7, 11) is 1.69. The second-order valence-electron chi connectivity index (χ2n) is 8.91. The van der Waals surface area contributed by atoms with Gasteiger partial charge in [0.1, 0.15) is 0 Å². The average Bonchev–Trinajstić information content (AvgIpc) is 2.77. The third-order valence-electron chi connectivity index (χ3n) is 4.95. The number of hydrogen-bond donors (Lipinski definition) is 2. The number of benzene rings is 1. The summed E-state index contributed by atoms with van der Waals surface area (Å²) in [5.41, 5.74) is 2.45. The molecule has 0 bridgehead atoms. The van der Waals surface area contributed by atoms with E-state index >= 15 is 0 Å². The molecule has 0 radical (unpaired) electrons. The van der Waals surface area contributed by atoms with Crippen molar-refractivity contribution in [3.8, 4) is 11.1 Å². The second-order valence-corrected chi connectivity index (χ2v) is 8.91. The molecule has 0 spiro atoms. The maximum absolute atomic E-state index is 12.4. The number of nitrogens with one attached hydrogen (secondary N) is 2. The molecule has 0 aliphatic carbocycles. The molecular weight excluding hydrogens is 408 g/mol. The zero-order valence-corrected chi connectivity index (χ0v) is 19.2. The van der Waals surface area contributed by atoms with E-state index in [1.54, 1.807) is 7.05 Å². The third kappa shape index (κ3) is 6.91. The first-order valence-corrected chi connectivity index (χ1v) is 10.8. The highest BCUT2D eigenvalue weighted by Gasteiger charge is 2.17. The van der Waals surface area contributed by atoms with Gasteiger partial charge in [-0.3, -0.25) is 4.79 Å². The minimum Gasteiger partial charge on any atom is -0.439 e. The zero-order valence-electron chi connectivity index (χ0n) is 19.2. The third-order valence-corrected chi connectivity index (χ3v) is 4.95. The molecular formula is C23H32N6O3. The van der Waals surface area contributed by atoms with Crippen LogP contribution in [0.25, 0.3) is 11.1 Å². The molecule has 9 heteroatoms. The Kier molecular flexibility index (Phi) is 7.63. The molecule has 1 aliphatic heterocycles. The first-order chi connectivity index (χ1) is 15.2. The SMILES string of the molecule is CN(Cc1cccc(-c2cnc(N3CCNCC3)nc2)c1)C(=O)COC(=O)NC(C)(C)C. The average molecular weight is 441 g/mol. The normalized spacial score (nSPS) is 14.1. The number of nitrogens with zero attached hydrogens (tertiary/aromatic N) is 4. The molecule has 172 valence electrons. The number of amides is 2. The number of piperazine rings is 1. The largest absolute Gasteiger partial charge is 0.439 e. The van der Waals surface area contributed by atoms with Gasteiger partial charge in [-0.25, -0.2) is 14.8 Å². The zero-order chi connectivity index (χ0) is 23.1. The van der Waals surface area contributed by atoms with Gasteiger partial charge in [-0.05, 0) is 38.0 Å². The van der Waals surface area contributed by atoms with Crippen LogP contribution < -0.4 is 15.5 Å². The van der Waals surface area contributed by atoms with Crippen molar-refractivity contribution in [2.24, 2.45) is 0 Å². The monoisotopic (exact) mass is 440 g/mol. The van der Waals surface area contributed by atoms with E-state index in [0.29, 0.717) is 6.54 Å². The molecule has 2 N–H and O–H groups in total. The van der Waals surface area contributed by atoms with Crippen molar-refractivity contribution >= 4 is 17.9 Å². The number of anilines is 1. The number of aromatic nitrogens is 2. The Morgan fingerprint density at radius 2 is 1.84 bits per heavy atom. The quantitative estimate of drug-likeness (QED) is 0.709. The Morgan fingerprint density at radius 1 is 1.16 bits per heavy atom. The maximum Gasteiger partial charge on any atom is 0.408 e. The van der Waals surface area contributed by atoms with Crippen molar-refractivity contribution in [1.82, 2.24) is 25.5 Å². The molecule has 0 saturated carbocycles. The minimum atomic E-state index is -0.606. The molecule has 2 heterocycles. The van der Waals surface area contributed by atoms with Crippen LogP contribution in [-0.4, -0.2) is 72.2 Å². The van der Waals surface area contributed by atoms with Crippen molar-refractivity contribution in [3.05, 3.63) is 42.2 Å². The van der Waals surface area contributed by atoms with E-state index in [4.69, 9.17) is 4.74 Å². The predicted molar refractivity (Wildman–Crippen MR) is 123 cm³/mol. The number of alkyl carbamates (subject to hydrolysis) is 1. The summed E-state index contributed by atoms with van der Waals surface area (Å²) in [6.07, 6.45) is 3.06. The Morgan fingerprint density at radius 3 is 2.50 bits per heavy atom. The molecule has 1 fully saturated rings. The van der Waals surface area contributed by atoms with Crippen molar-refractivity contribution in [2.45, 2.75) is 32.9 Å². The lowest BCUT2D eigenvalue weighted by molar-refractivity contribution is -0.133. The highest BCUT2D eigenvalue weighted by Crippen LogP contribution is 2.21. The van der Waals surface area contributed by atoms with E-state index < -0.39 is 11.6 Å². The van der Waals surface area contributed by atoms with Gasteiger partial charge in [0.05, 0.1) is 0 Å². The number of likely N-dealkylation sites (N-methyl/N-ethyl adjacent to an activating group) is 1. The van der Waals surface area contributed by atoms with E-state index in [2.05, 4.69) is 25.5 Å². The lowest BCUT2D eigenvalue weighted by Crippen LogP contribution is -2.44. The summed E-state index contributed by atoms with van der Waals surface area (Å²) in [5, 5.41) is 5.98. The fraction of sp³-hybridized carbons (Fsp3) is 0.478. The van der Waals surface area contributed by atoms with E-state index in [9.17, 15) is 9.59 Å². The molecule has 32 heavy (non-hydrogen) atoms. The summed E-state index contributed by atoms with van der Waals surface area (Å²) >= 11 is 0. The molecule has 0 unspecified atom stereocenters. The molecule has 2 amide bonds. The Bertz CT molecular complexity index is 920. The molecule has 9 nitrogen and oxygen atoms in total. The molecule has 1 saturated heterocycles. The molecule has 3 rings (SSSR count). The lowest BCUT2D eigenvalue weighted by atomic mass is 10.1. The molecule has 1 aromatic heterocycles. The van der Waals surface area contributed by atoms with Crippen LogP contribution in [0.2, 0.25) is 0 Å². The van der Waals surface area contributed by atoms with Gasteiger partial charge < -0.3 is 25.2 Å². The molecule has 0 atom stereocenters. The summed E-state index contributed by atoms with van der Waals surface area (Å²) in [6.45, 7) is 9.30. The predicted octanol–water partition coefficient (Wildman–Crippen LogP) is 2.04. The van der Waals surface area contributed by atoms with E-state index in [-0.39, 0.29) is 12.5 Å².